The van der Waals surface area contributed by atoms with Crippen LogP contribution in [-0.2, 0) is 19.8 Å². The van der Waals surface area contributed by atoms with Crippen LogP contribution in [0.15, 0.2) is 59.9 Å². The first-order valence-corrected chi connectivity index (χ1v) is 14.2. The fourth-order valence-corrected chi connectivity index (χ4v) is 6.36. The van der Waals surface area contributed by atoms with Gasteiger partial charge in [0.15, 0.2) is 11.5 Å². The quantitative estimate of drug-likeness (QED) is 0.161. The summed E-state index contributed by atoms with van der Waals surface area (Å²) in [7, 11) is 0. The lowest BCUT2D eigenvalue weighted by Gasteiger charge is -2.39. The highest BCUT2D eigenvalue weighted by Crippen LogP contribution is 2.53. The van der Waals surface area contributed by atoms with Crippen LogP contribution in [0.25, 0.3) is 11.1 Å². The van der Waals surface area contributed by atoms with Crippen LogP contribution in [0, 0.1) is 0 Å². The smallest absolute Gasteiger partial charge is 0.332 e. The van der Waals surface area contributed by atoms with Crippen molar-refractivity contribution in [1.82, 2.24) is 9.88 Å². The van der Waals surface area contributed by atoms with Crippen LogP contribution in [0.2, 0.25) is 0 Å². The lowest BCUT2D eigenvalue weighted by Crippen LogP contribution is -2.54. The number of nitrogens with one attached hydrogen (secondary N) is 1. The standard InChI is InChI=1S/C33H37N3O5/c1-6-33(7-2)26-12-10-22(30(38)29(35-41-21(3)37)28-9-8-14-34-28)19-24(26)25-20-23(11-13-27(25)33)31(39)32(4,5)36-15-17-40-18-16-36/h8-14,19-20,34H,6-7,15-18H2,1-5H3/b35-29+. The largest absolute Gasteiger partial charge is 0.379 e. The number of carbonyl (C=O) groups excluding carboxylic acids is 3. The predicted molar refractivity (Wildman–Crippen MR) is 157 cm³/mol. The van der Waals surface area contributed by atoms with E-state index in [1.54, 1.807) is 18.3 Å². The molecule has 2 aromatic carbocycles. The van der Waals surface area contributed by atoms with E-state index in [0.29, 0.717) is 43.1 Å². The van der Waals surface area contributed by atoms with Crippen molar-refractivity contribution in [1.29, 1.82) is 0 Å². The highest BCUT2D eigenvalue weighted by Gasteiger charge is 2.42. The van der Waals surface area contributed by atoms with Gasteiger partial charge in [-0.25, -0.2) is 4.79 Å². The number of oxime groups is 1. The molecule has 1 saturated heterocycles. The molecule has 0 amide bonds. The summed E-state index contributed by atoms with van der Waals surface area (Å²) in [5, 5.41) is 3.88. The molecule has 3 aromatic rings. The van der Waals surface area contributed by atoms with Gasteiger partial charge in [-0.2, -0.15) is 0 Å². The molecule has 214 valence electrons. The number of H-pyrrole nitrogens is 1. The average Bonchev–Trinajstić information content (AvgIpc) is 3.61. The molecule has 0 bridgehead atoms. The fraction of sp³-hybridized carbons (Fsp3) is 0.394. The van der Waals surface area contributed by atoms with E-state index in [2.05, 4.69) is 35.0 Å². The minimum absolute atomic E-state index is 0.0109. The van der Waals surface area contributed by atoms with Crippen molar-refractivity contribution in [2.24, 2.45) is 5.16 Å². The Kier molecular flexibility index (Phi) is 7.81. The maximum atomic E-state index is 13.9. The molecule has 1 aliphatic carbocycles. The van der Waals surface area contributed by atoms with E-state index in [-0.39, 0.29) is 22.7 Å². The molecule has 0 spiro atoms. The molecular weight excluding hydrogens is 518 g/mol. The molecule has 1 N–H and O–H groups in total. The second-order valence-corrected chi connectivity index (χ2v) is 11.2. The van der Waals surface area contributed by atoms with Gasteiger partial charge in [0.2, 0.25) is 5.78 Å². The molecule has 5 rings (SSSR count). The Hall–Kier alpha value is -3.88. The summed E-state index contributed by atoms with van der Waals surface area (Å²) in [5.74, 6) is -0.925. The van der Waals surface area contributed by atoms with Gasteiger partial charge in [0.25, 0.3) is 0 Å². The summed E-state index contributed by atoms with van der Waals surface area (Å²) < 4.78 is 5.51. The van der Waals surface area contributed by atoms with Crippen molar-refractivity contribution in [3.63, 3.8) is 0 Å². The Bertz CT molecular complexity index is 1510. The minimum Gasteiger partial charge on any atom is -0.379 e. The van der Waals surface area contributed by atoms with Crippen LogP contribution in [-0.4, -0.2) is 65.0 Å². The monoisotopic (exact) mass is 555 g/mol. The summed E-state index contributed by atoms with van der Waals surface area (Å²) in [5.41, 5.74) is 4.85. The van der Waals surface area contributed by atoms with E-state index in [4.69, 9.17) is 9.57 Å². The fourth-order valence-electron chi connectivity index (χ4n) is 6.36. The van der Waals surface area contributed by atoms with Crippen molar-refractivity contribution in [3.05, 3.63) is 82.7 Å². The molecule has 1 aliphatic heterocycles. The molecule has 2 heterocycles. The second kappa shape index (κ2) is 11.2. The van der Waals surface area contributed by atoms with Gasteiger partial charge in [0.1, 0.15) is 0 Å². The van der Waals surface area contributed by atoms with Crippen LogP contribution in [0.3, 0.4) is 0 Å². The molecule has 0 radical (unpaired) electrons. The number of ketones is 2. The zero-order valence-electron chi connectivity index (χ0n) is 24.4. The van der Waals surface area contributed by atoms with Gasteiger partial charge in [0, 0.05) is 42.8 Å². The molecule has 0 saturated carbocycles. The first kappa shape index (κ1) is 28.6. The van der Waals surface area contributed by atoms with Gasteiger partial charge in [-0.05, 0) is 73.2 Å². The number of aromatic amines is 1. The van der Waals surface area contributed by atoms with Crippen LogP contribution in [0.1, 0.15) is 85.0 Å². The van der Waals surface area contributed by atoms with E-state index in [9.17, 15) is 14.4 Å². The number of benzene rings is 2. The Labute approximate surface area is 240 Å². The predicted octanol–water partition coefficient (Wildman–Crippen LogP) is 5.54. The highest BCUT2D eigenvalue weighted by molar-refractivity contribution is 6.51. The Morgan fingerprint density at radius 2 is 1.59 bits per heavy atom. The number of fused-ring (bicyclic) bond motifs is 3. The van der Waals surface area contributed by atoms with Gasteiger partial charge in [-0.3, -0.25) is 14.5 Å². The van der Waals surface area contributed by atoms with Gasteiger partial charge >= 0.3 is 5.97 Å². The number of aromatic nitrogens is 1. The second-order valence-electron chi connectivity index (χ2n) is 11.2. The zero-order valence-corrected chi connectivity index (χ0v) is 24.4. The SMILES string of the molecule is CCC1(CC)c2ccc(C(=O)/C(=N/OC(C)=O)c3ccc[nH]3)cc2-c2cc(C(=O)C(C)(C)N3CCOCC3)ccc21. The van der Waals surface area contributed by atoms with Crippen molar-refractivity contribution in [3.8, 4) is 11.1 Å². The van der Waals surface area contributed by atoms with Gasteiger partial charge in [-0.15, -0.1) is 0 Å². The van der Waals surface area contributed by atoms with Crippen molar-refractivity contribution >= 4 is 23.2 Å². The molecule has 0 atom stereocenters. The number of carbonyl (C=O) groups is 3. The minimum atomic E-state index is -0.679. The number of nitrogens with zero attached hydrogens (tertiary/aromatic N) is 2. The Morgan fingerprint density at radius 1 is 0.976 bits per heavy atom. The van der Waals surface area contributed by atoms with Gasteiger partial charge in [-0.1, -0.05) is 43.3 Å². The van der Waals surface area contributed by atoms with Crippen molar-refractivity contribution in [2.75, 3.05) is 26.3 Å². The molecular formula is C33H37N3O5. The molecule has 41 heavy (non-hydrogen) atoms. The lowest BCUT2D eigenvalue weighted by molar-refractivity contribution is -0.140. The van der Waals surface area contributed by atoms with E-state index < -0.39 is 11.5 Å². The third-order valence-corrected chi connectivity index (χ3v) is 8.78. The maximum Gasteiger partial charge on any atom is 0.332 e. The first-order chi connectivity index (χ1) is 19.6. The van der Waals surface area contributed by atoms with E-state index in [0.717, 1.165) is 29.5 Å². The van der Waals surface area contributed by atoms with Crippen LogP contribution in [0.5, 0.6) is 0 Å². The van der Waals surface area contributed by atoms with Gasteiger partial charge < -0.3 is 14.6 Å². The normalized spacial score (nSPS) is 16.7. The molecule has 8 nitrogen and oxygen atoms in total. The summed E-state index contributed by atoms with van der Waals surface area (Å²) in [6.45, 7) is 12.2. The number of hydrogen-bond acceptors (Lipinski definition) is 7. The Balaban J connectivity index is 1.59. The number of Topliss-reactive ketones (excluding diaryl/α,β-unsaturated/α-hetero) is 2. The third-order valence-electron chi connectivity index (χ3n) is 8.78. The lowest BCUT2D eigenvalue weighted by atomic mass is 9.73. The molecule has 8 heteroatoms. The third kappa shape index (κ3) is 4.96. The van der Waals surface area contributed by atoms with Crippen LogP contribution < -0.4 is 0 Å². The molecule has 0 unspecified atom stereocenters. The average molecular weight is 556 g/mol. The summed E-state index contributed by atoms with van der Waals surface area (Å²) in [6, 6.07) is 15.2. The summed E-state index contributed by atoms with van der Waals surface area (Å²) in [4.78, 5) is 49.2. The topological polar surface area (TPSA) is 101 Å². The van der Waals surface area contributed by atoms with E-state index in [1.165, 1.54) is 12.5 Å². The summed E-state index contributed by atoms with van der Waals surface area (Å²) >= 11 is 0. The number of morpholine rings is 1. The summed E-state index contributed by atoms with van der Waals surface area (Å²) in [6.07, 6.45) is 3.44. The highest BCUT2D eigenvalue weighted by atomic mass is 16.7. The number of rotatable bonds is 9. The van der Waals surface area contributed by atoms with Crippen molar-refractivity contribution < 1.29 is 24.0 Å². The van der Waals surface area contributed by atoms with Crippen LogP contribution >= 0.6 is 0 Å². The molecule has 2 aliphatic rings. The maximum absolute atomic E-state index is 13.9. The van der Waals surface area contributed by atoms with Crippen molar-refractivity contribution in [2.45, 2.75) is 58.4 Å². The number of ether oxygens (including phenoxy) is 1. The first-order valence-electron chi connectivity index (χ1n) is 14.2. The zero-order chi connectivity index (χ0) is 29.4. The van der Waals surface area contributed by atoms with E-state index in [1.807, 2.05) is 44.2 Å². The molecule has 1 aromatic heterocycles. The Morgan fingerprint density at radius 3 is 2.15 bits per heavy atom. The molecule has 1 fully saturated rings. The number of hydrogen-bond donors (Lipinski definition) is 1. The van der Waals surface area contributed by atoms with Crippen LogP contribution in [0.4, 0.5) is 0 Å². The van der Waals surface area contributed by atoms with E-state index >= 15 is 0 Å². The van der Waals surface area contributed by atoms with Gasteiger partial charge in [0.05, 0.1) is 24.4 Å².